The van der Waals surface area contributed by atoms with Crippen LogP contribution in [0.4, 0.5) is 14.6 Å². The second-order valence-electron chi connectivity index (χ2n) is 11.0. The summed E-state index contributed by atoms with van der Waals surface area (Å²) in [5.74, 6) is 0.635. The molecule has 3 atom stereocenters. The summed E-state index contributed by atoms with van der Waals surface area (Å²) in [5.41, 5.74) is -1.35. The van der Waals surface area contributed by atoms with Gasteiger partial charge in [-0.05, 0) is 69.8 Å². The summed E-state index contributed by atoms with van der Waals surface area (Å²) >= 11 is 0. The molecule has 4 heterocycles. The number of phenols is 1. The molecule has 3 N–H and O–H groups in total. The summed E-state index contributed by atoms with van der Waals surface area (Å²) in [5, 5.41) is 14.1. The van der Waals surface area contributed by atoms with Gasteiger partial charge in [0, 0.05) is 23.6 Å². The van der Waals surface area contributed by atoms with E-state index in [9.17, 15) is 14.3 Å². The Balaban J connectivity index is 1.55. The number of phenolic OH excluding ortho intramolecular Hbond substituents is 1. The molecule has 2 aromatic carbocycles. The fraction of sp³-hybridized carbons (Fsp3) is 0.387. The van der Waals surface area contributed by atoms with Crippen molar-refractivity contribution in [3.05, 3.63) is 51.8 Å². The van der Waals surface area contributed by atoms with E-state index in [-0.39, 0.29) is 68.9 Å². The van der Waals surface area contributed by atoms with Gasteiger partial charge in [0.2, 0.25) is 0 Å². The number of hydrogen-bond donors (Lipinski definition) is 3. The monoisotopic (exact) mass is 575 g/mol. The fourth-order valence-electron chi connectivity index (χ4n) is 6.09. The standard InChI is InChI=1S/C31H31F2N5O4/c1-4-20-22(32)10-9-17-13-19(39)14-21(24(17)20)27-26(33)28-25(30(40)35-27)29(34-18-7-6-12-41-15-18)37-31(36-28)42-16(2)23-8-5-11-38(23)3/h1,9-10,13-14,16,18,23,39H,5-8,11-12,15H2,2-3H3,(H,35,40)(H,34,36,37)/t16-,18?,23-/m0/s1. The number of pyridine rings is 1. The van der Waals surface area contributed by atoms with Gasteiger partial charge in [-0.2, -0.15) is 9.97 Å². The van der Waals surface area contributed by atoms with Gasteiger partial charge in [-0.3, -0.25) is 9.69 Å². The third-order valence-electron chi connectivity index (χ3n) is 8.16. The highest BCUT2D eigenvalue weighted by Gasteiger charge is 2.30. The van der Waals surface area contributed by atoms with Crippen LogP contribution >= 0.6 is 0 Å². The van der Waals surface area contributed by atoms with Crippen LogP contribution in [-0.2, 0) is 4.74 Å². The van der Waals surface area contributed by atoms with Crippen molar-refractivity contribution in [1.29, 1.82) is 0 Å². The number of halogens is 2. The number of anilines is 1. The first kappa shape index (κ1) is 27.9. The number of fused-ring (bicyclic) bond motifs is 2. The summed E-state index contributed by atoms with van der Waals surface area (Å²) in [4.78, 5) is 27.3. The number of nitrogens with zero attached hydrogens (tertiary/aromatic N) is 3. The smallest absolute Gasteiger partial charge is 0.319 e. The van der Waals surface area contributed by atoms with Crippen LogP contribution in [0, 0.1) is 24.0 Å². The van der Waals surface area contributed by atoms with Gasteiger partial charge in [0.25, 0.3) is 5.56 Å². The minimum absolute atomic E-state index is 0.0196. The van der Waals surface area contributed by atoms with E-state index in [1.165, 1.54) is 24.3 Å². The highest BCUT2D eigenvalue weighted by Crippen LogP contribution is 2.37. The lowest BCUT2D eigenvalue weighted by atomic mass is 9.95. The number of hydrogen-bond acceptors (Lipinski definition) is 8. The first-order valence-corrected chi connectivity index (χ1v) is 14.0. The maximum atomic E-state index is 16.6. The highest BCUT2D eigenvalue weighted by molar-refractivity contribution is 6.02. The molecule has 2 aliphatic heterocycles. The molecule has 2 aromatic heterocycles. The lowest BCUT2D eigenvalue weighted by Crippen LogP contribution is -2.38. The van der Waals surface area contributed by atoms with Crippen LogP contribution in [0.3, 0.4) is 0 Å². The molecule has 0 amide bonds. The molecular weight excluding hydrogens is 544 g/mol. The van der Waals surface area contributed by atoms with Gasteiger partial charge >= 0.3 is 6.01 Å². The van der Waals surface area contributed by atoms with Crippen LogP contribution in [0.25, 0.3) is 32.9 Å². The first-order chi connectivity index (χ1) is 20.2. The summed E-state index contributed by atoms with van der Waals surface area (Å²) in [6.45, 7) is 3.90. The Morgan fingerprint density at radius 2 is 2.07 bits per heavy atom. The molecule has 0 aliphatic carbocycles. The average molecular weight is 576 g/mol. The van der Waals surface area contributed by atoms with Crippen molar-refractivity contribution in [2.75, 3.05) is 32.1 Å². The predicted octanol–water partition coefficient (Wildman–Crippen LogP) is 4.56. The number of rotatable bonds is 6. The molecule has 9 nitrogen and oxygen atoms in total. The zero-order valence-electron chi connectivity index (χ0n) is 23.3. The number of likely N-dealkylation sites (tertiary alicyclic amines) is 1. The third-order valence-corrected chi connectivity index (χ3v) is 8.16. The van der Waals surface area contributed by atoms with Crippen molar-refractivity contribution in [3.8, 4) is 35.4 Å². The lowest BCUT2D eigenvalue weighted by molar-refractivity contribution is 0.0874. The molecule has 0 radical (unpaired) electrons. The maximum Gasteiger partial charge on any atom is 0.319 e. The third kappa shape index (κ3) is 5.01. The van der Waals surface area contributed by atoms with Crippen LogP contribution in [0.1, 0.15) is 38.2 Å². The predicted molar refractivity (Wildman–Crippen MR) is 156 cm³/mol. The van der Waals surface area contributed by atoms with Crippen LogP contribution in [0.15, 0.2) is 29.1 Å². The van der Waals surface area contributed by atoms with Crippen molar-refractivity contribution in [1.82, 2.24) is 19.9 Å². The largest absolute Gasteiger partial charge is 0.508 e. The molecule has 0 spiro atoms. The van der Waals surface area contributed by atoms with Gasteiger partial charge in [0.1, 0.15) is 34.4 Å². The Morgan fingerprint density at radius 3 is 2.79 bits per heavy atom. The molecule has 0 saturated carbocycles. The number of ether oxygens (including phenoxy) is 2. The molecule has 218 valence electrons. The highest BCUT2D eigenvalue weighted by atomic mass is 19.1. The van der Waals surface area contributed by atoms with Crippen LogP contribution < -0.4 is 15.6 Å². The Bertz CT molecular complexity index is 1780. The normalized spacial score (nSPS) is 20.1. The molecule has 6 rings (SSSR count). The van der Waals surface area contributed by atoms with Gasteiger partial charge < -0.3 is 24.9 Å². The van der Waals surface area contributed by atoms with E-state index >= 15 is 4.39 Å². The van der Waals surface area contributed by atoms with Gasteiger partial charge in [0.15, 0.2) is 5.82 Å². The van der Waals surface area contributed by atoms with Crippen molar-refractivity contribution in [2.45, 2.75) is 50.8 Å². The average Bonchev–Trinajstić information content (AvgIpc) is 3.41. The second-order valence-corrected chi connectivity index (χ2v) is 11.0. The van der Waals surface area contributed by atoms with Gasteiger partial charge in [-0.15, -0.1) is 6.42 Å². The minimum atomic E-state index is -0.899. The first-order valence-electron chi connectivity index (χ1n) is 14.0. The van der Waals surface area contributed by atoms with Gasteiger partial charge in [0.05, 0.1) is 23.9 Å². The lowest BCUT2D eigenvalue weighted by Gasteiger charge is -2.27. The SMILES string of the molecule is C#Cc1c(F)ccc2cc(O)cc(-c3[nH]c(=O)c4c(NC5CCCOC5)nc(O[C@@H](C)[C@@H]5CCCN5C)nc4c3F)c12. The number of aromatic nitrogens is 3. The van der Waals surface area contributed by atoms with Crippen LogP contribution in [0.2, 0.25) is 0 Å². The fourth-order valence-corrected chi connectivity index (χ4v) is 6.09. The molecule has 11 heteroatoms. The number of benzene rings is 2. The summed E-state index contributed by atoms with van der Waals surface area (Å²) < 4.78 is 43.0. The van der Waals surface area contributed by atoms with E-state index in [2.05, 4.69) is 31.1 Å². The van der Waals surface area contributed by atoms with E-state index in [4.69, 9.17) is 15.9 Å². The Kier molecular flexibility index (Phi) is 7.43. The van der Waals surface area contributed by atoms with Crippen molar-refractivity contribution in [3.63, 3.8) is 0 Å². The molecule has 2 aliphatic rings. The Morgan fingerprint density at radius 1 is 1.24 bits per heavy atom. The summed E-state index contributed by atoms with van der Waals surface area (Å²) in [7, 11) is 2.02. The quantitative estimate of drug-likeness (QED) is 0.287. The number of terminal acetylenes is 1. The Hall–Kier alpha value is -4.27. The molecule has 2 saturated heterocycles. The molecule has 1 unspecified atom stereocenters. The van der Waals surface area contributed by atoms with Crippen molar-refractivity contribution in [2.24, 2.45) is 0 Å². The van der Waals surface area contributed by atoms with Crippen LogP contribution in [-0.4, -0.2) is 70.0 Å². The minimum Gasteiger partial charge on any atom is -0.508 e. The molecular formula is C31H31F2N5O4. The Labute approximate surface area is 240 Å². The zero-order chi connectivity index (χ0) is 29.5. The van der Waals surface area contributed by atoms with Crippen LogP contribution in [0.5, 0.6) is 11.8 Å². The van der Waals surface area contributed by atoms with Crippen molar-refractivity contribution < 1.29 is 23.4 Å². The molecule has 42 heavy (non-hydrogen) atoms. The van der Waals surface area contributed by atoms with E-state index in [0.717, 1.165) is 32.2 Å². The number of aromatic hydroxyl groups is 1. The van der Waals surface area contributed by atoms with Crippen molar-refractivity contribution >= 4 is 27.5 Å². The molecule has 4 aromatic rings. The second kappa shape index (κ2) is 11.2. The number of nitrogens with one attached hydrogen (secondary N) is 2. The zero-order valence-corrected chi connectivity index (χ0v) is 23.3. The van der Waals surface area contributed by atoms with E-state index < -0.39 is 17.2 Å². The summed E-state index contributed by atoms with van der Waals surface area (Å²) in [6, 6.07) is 5.12. The molecule has 2 fully saturated rings. The van der Waals surface area contributed by atoms with Gasteiger partial charge in [-0.1, -0.05) is 12.0 Å². The number of likely N-dealkylation sites (N-methyl/N-ethyl adjacent to an activating group) is 1. The molecule has 0 bridgehead atoms. The van der Waals surface area contributed by atoms with E-state index in [0.29, 0.717) is 18.6 Å². The van der Waals surface area contributed by atoms with Gasteiger partial charge in [-0.25, -0.2) is 8.78 Å². The van der Waals surface area contributed by atoms with E-state index in [1.807, 2.05) is 14.0 Å². The topological polar surface area (TPSA) is 113 Å². The summed E-state index contributed by atoms with van der Waals surface area (Å²) in [6.07, 6.45) is 8.89. The number of H-pyrrole nitrogens is 1. The van der Waals surface area contributed by atoms with E-state index in [1.54, 1.807) is 0 Å². The number of aromatic amines is 1. The maximum absolute atomic E-state index is 16.6.